The molecule has 2 atom stereocenters. The van der Waals surface area contributed by atoms with Gasteiger partial charge in [0.05, 0.1) is 6.26 Å². The van der Waals surface area contributed by atoms with Gasteiger partial charge in [0.15, 0.2) is 0 Å². The molecular formula is C16H19NOS. The van der Waals surface area contributed by atoms with Crippen LogP contribution in [0.1, 0.15) is 24.2 Å². The van der Waals surface area contributed by atoms with Gasteiger partial charge in [-0.2, -0.15) is 0 Å². The van der Waals surface area contributed by atoms with Crippen molar-refractivity contribution in [2.75, 3.05) is 12.3 Å². The Morgan fingerprint density at radius 1 is 1.32 bits per heavy atom. The summed E-state index contributed by atoms with van der Waals surface area (Å²) in [6, 6.07) is 13.2. The Labute approximate surface area is 118 Å². The van der Waals surface area contributed by atoms with E-state index in [0.717, 1.165) is 18.7 Å². The first-order valence-corrected chi connectivity index (χ1v) is 7.79. The Morgan fingerprint density at radius 2 is 2.21 bits per heavy atom. The minimum atomic E-state index is 0.448. The van der Waals surface area contributed by atoms with Crippen molar-refractivity contribution in [3.05, 3.63) is 54.0 Å². The molecule has 100 valence electrons. The Morgan fingerprint density at radius 3 is 3.05 bits per heavy atom. The summed E-state index contributed by atoms with van der Waals surface area (Å²) in [5, 5.41) is 3.63. The number of hydrogen-bond acceptors (Lipinski definition) is 3. The molecule has 0 spiro atoms. The molecule has 3 rings (SSSR count). The van der Waals surface area contributed by atoms with Gasteiger partial charge in [-0.25, -0.2) is 0 Å². The molecule has 2 unspecified atom stereocenters. The van der Waals surface area contributed by atoms with Crippen LogP contribution >= 0.6 is 11.8 Å². The lowest BCUT2D eigenvalue weighted by Crippen LogP contribution is -2.32. The molecule has 3 heteroatoms. The van der Waals surface area contributed by atoms with Gasteiger partial charge >= 0.3 is 0 Å². The third kappa shape index (κ3) is 3.04. The number of fused-ring (bicyclic) bond motifs is 1. The topological polar surface area (TPSA) is 25.2 Å². The second kappa shape index (κ2) is 5.85. The average Bonchev–Trinajstić information content (AvgIpc) is 3.05. The molecule has 1 aliphatic rings. The van der Waals surface area contributed by atoms with E-state index in [-0.39, 0.29) is 0 Å². The van der Waals surface area contributed by atoms with Crippen molar-refractivity contribution in [1.82, 2.24) is 5.32 Å². The summed E-state index contributed by atoms with van der Waals surface area (Å²) >= 11 is 1.97. The van der Waals surface area contributed by atoms with Gasteiger partial charge in [-0.15, -0.1) is 11.8 Å². The van der Waals surface area contributed by atoms with Crippen LogP contribution in [0.3, 0.4) is 0 Å². The second-order valence-electron chi connectivity index (χ2n) is 5.14. The van der Waals surface area contributed by atoms with E-state index in [9.17, 15) is 0 Å². The van der Waals surface area contributed by atoms with Gasteiger partial charge in [-0.05, 0) is 30.7 Å². The van der Waals surface area contributed by atoms with Crippen LogP contribution in [0.25, 0.3) is 0 Å². The Bertz CT molecular complexity index is 523. The van der Waals surface area contributed by atoms with E-state index in [1.165, 1.54) is 16.2 Å². The summed E-state index contributed by atoms with van der Waals surface area (Å²) in [4.78, 5) is 1.45. The van der Waals surface area contributed by atoms with E-state index < -0.39 is 0 Å². The predicted octanol–water partition coefficient (Wildman–Crippen LogP) is 3.69. The molecule has 1 aromatic carbocycles. The minimum Gasteiger partial charge on any atom is -0.469 e. The average molecular weight is 273 g/mol. The Kier molecular flexibility index (Phi) is 3.95. The number of rotatable bonds is 5. The zero-order valence-corrected chi connectivity index (χ0v) is 12.0. The number of benzene rings is 1. The molecule has 2 nitrogen and oxygen atoms in total. The van der Waals surface area contributed by atoms with Crippen LogP contribution in [0.5, 0.6) is 0 Å². The Hall–Kier alpha value is -1.19. The number of nitrogens with one attached hydrogen (secondary N) is 1. The fraction of sp³-hybridized carbons (Fsp3) is 0.375. The molecule has 1 aromatic heterocycles. The highest BCUT2D eigenvalue weighted by atomic mass is 32.2. The maximum Gasteiger partial charge on any atom is 0.105 e. The zero-order valence-electron chi connectivity index (χ0n) is 11.1. The number of furan rings is 1. The van der Waals surface area contributed by atoms with Crippen LogP contribution in [0, 0.1) is 0 Å². The van der Waals surface area contributed by atoms with Crippen LogP contribution in [-0.2, 0) is 6.42 Å². The first-order chi connectivity index (χ1) is 9.33. The fourth-order valence-corrected chi connectivity index (χ4v) is 3.80. The summed E-state index contributed by atoms with van der Waals surface area (Å²) in [5.41, 5.74) is 1.50. The maximum absolute atomic E-state index is 5.39. The monoisotopic (exact) mass is 273 g/mol. The van der Waals surface area contributed by atoms with E-state index in [4.69, 9.17) is 4.42 Å². The normalized spacial score (nSPS) is 19.3. The van der Waals surface area contributed by atoms with Crippen LogP contribution in [-0.4, -0.2) is 18.3 Å². The van der Waals surface area contributed by atoms with Crippen LogP contribution in [0.2, 0.25) is 0 Å². The highest BCUT2D eigenvalue weighted by molar-refractivity contribution is 7.99. The largest absolute Gasteiger partial charge is 0.469 e. The quantitative estimate of drug-likeness (QED) is 0.899. The molecule has 0 amide bonds. The van der Waals surface area contributed by atoms with Crippen molar-refractivity contribution in [1.29, 1.82) is 0 Å². The van der Waals surface area contributed by atoms with Gasteiger partial charge in [-0.3, -0.25) is 0 Å². The molecule has 0 saturated heterocycles. The molecule has 0 radical (unpaired) electrons. The molecule has 0 aliphatic carbocycles. The van der Waals surface area contributed by atoms with Gasteiger partial charge < -0.3 is 9.73 Å². The predicted molar refractivity (Wildman–Crippen MR) is 79.8 cm³/mol. The van der Waals surface area contributed by atoms with Crippen LogP contribution < -0.4 is 5.32 Å². The molecule has 2 aromatic rings. The van der Waals surface area contributed by atoms with Gasteiger partial charge in [-0.1, -0.05) is 18.2 Å². The third-order valence-corrected chi connectivity index (χ3v) is 4.85. The van der Waals surface area contributed by atoms with E-state index in [1.807, 2.05) is 23.9 Å². The SMILES string of the molecule is CC(Cc1ccco1)NCC1CSc2ccccc21. The minimum absolute atomic E-state index is 0.448. The molecule has 2 heterocycles. The van der Waals surface area contributed by atoms with E-state index in [0.29, 0.717) is 12.0 Å². The lowest BCUT2D eigenvalue weighted by molar-refractivity contribution is 0.450. The summed E-state index contributed by atoms with van der Waals surface area (Å²) in [6.07, 6.45) is 2.69. The summed E-state index contributed by atoms with van der Waals surface area (Å²) in [7, 11) is 0. The van der Waals surface area contributed by atoms with Crippen molar-refractivity contribution in [3.8, 4) is 0 Å². The van der Waals surface area contributed by atoms with Crippen molar-refractivity contribution in [2.45, 2.75) is 30.2 Å². The third-order valence-electron chi connectivity index (χ3n) is 3.60. The molecule has 19 heavy (non-hydrogen) atoms. The van der Waals surface area contributed by atoms with Crippen LogP contribution in [0.4, 0.5) is 0 Å². The lowest BCUT2D eigenvalue weighted by Gasteiger charge is -2.16. The van der Waals surface area contributed by atoms with Crippen molar-refractivity contribution < 1.29 is 4.42 Å². The number of hydrogen-bond donors (Lipinski definition) is 1. The first kappa shape index (κ1) is 12.8. The van der Waals surface area contributed by atoms with Crippen LogP contribution in [0.15, 0.2) is 52.0 Å². The Balaban J connectivity index is 1.53. The van der Waals surface area contributed by atoms with Gasteiger partial charge in [0.1, 0.15) is 5.76 Å². The van der Waals surface area contributed by atoms with Crippen molar-refractivity contribution in [2.24, 2.45) is 0 Å². The second-order valence-corrected chi connectivity index (χ2v) is 6.20. The highest BCUT2D eigenvalue weighted by Gasteiger charge is 2.22. The standard InChI is InChI=1S/C16H19NOS/c1-12(9-14-5-4-8-18-14)17-10-13-11-19-16-7-3-2-6-15(13)16/h2-8,12-13,17H,9-11H2,1H3. The molecule has 1 N–H and O–H groups in total. The highest BCUT2D eigenvalue weighted by Crippen LogP contribution is 2.38. The summed E-state index contributed by atoms with van der Waals surface area (Å²) < 4.78 is 5.39. The molecular weight excluding hydrogens is 254 g/mol. The van der Waals surface area contributed by atoms with Crippen molar-refractivity contribution >= 4 is 11.8 Å². The smallest absolute Gasteiger partial charge is 0.105 e. The maximum atomic E-state index is 5.39. The number of thioether (sulfide) groups is 1. The van der Waals surface area contributed by atoms with Gasteiger partial charge in [0, 0.05) is 35.6 Å². The zero-order chi connectivity index (χ0) is 13.1. The van der Waals surface area contributed by atoms with Crippen molar-refractivity contribution in [3.63, 3.8) is 0 Å². The molecule has 0 saturated carbocycles. The van der Waals surface area contributed by atoms with E-state index in [2.05, 4.69) is 36.5 Å². The molecule has 1 aliphatic heterocycles. The lowest BCUT2D eigenvalue weighted by atomic mass is 10.0. The van der Waals surface area contributed by atoms with Gasteiger partial charge in [0.2, 0.25) is 0 Å². The fourth-order valence-electron chi connectivity index (χ4n) is 2.54. The summed E-state index contributed by atoms with van der Waals surface area (Å²) in [5.74, 6) is 2.89. The molecule has 0 fully saturated rings. The first-order valence-electron chi connectivity index (χ1n) is 6.80. The van der Waals surface area contributed by atoms with Gasteiger partial charge in [0.25, 0.3) is 0 Å². The van der Waals surface area contributed by atoms with E-state index in [1.54, 1.807) is 6.26 Å². The van der Waals surface area contributed by atoms with E-state index >= 15 is 0 Å². The molecule has 0 bridgehead atoms. The summed E-state index contributed by atoms with van der Waals surface area (Å²) in [6.45, 7) is 3.27.